The fourth-order valence-corrected chi connectivity index (χ4v) is 3.66. The number of rotatable bonds is 6. The number of hydrogen-bond acceptors (Lipinski definition) is 5. The second kappa shape index (κ2) is 8.27. The van der Waals surface area contributed by atoms with E-state index in [0.29, 0.717) is 11.3 Å². The van der Waals surface area contributed by atoms with Crippen LogP contribution in [-0.2, 0) is 10.0 Å². The summed E-state index contributed by atoms with van der Waals surface area (Å²) in [5.74, 6) is -0.217. The number of benzene rings is 2. The molecule has 0 bridgehead atoms. The zero-order valence-corrected chi connectivity index (χ0v) is 16.5. The topological polar surface area (TPSA) is 97.4 Å². The Labute approximate surface area is 167 Å². The Kier molecular flexibility index (Phi) is 5.79. The summed E-state index contributed by atoms with van der Waals surface area (Å²) in [5, 5.41) is 2.63. The smallest absolute Gasteiger partial charge is 0.261 e. The van der Waals surface area contributed by atoms with Crippen LogP contribution in [-0.4, -0.2) is 26.4 Å². The number of nitrogens with zero attached hydrogens (tertiary/aromatic N) is 1. The zero-order valence-electron chi connectivity index (χ0n) is 15.6. The highest BCUT2D eigenvalue weighted by molar-refractivity contribution is 7.92. The number of amides is 1. The van der Waals surface area contributed by atoms with Gasteiger partial charge in [-0.3, -0.25) is 9.52 Å². The summed E-state index contributed by atoms with van der Waals surface area (Å²) in [6.07, 6.45) is 1.52. The summed E-state index contributed by atoms with van der Waals surface area (Å²) in [7, 11) is -2.42. The number of hydrogen-bond donors (Lipinski definition) is 2. The molecule has 2 aromatic carbocycles. The summed E-state index contributed by atoms with van der Waals surface area (Å²) in [4.78, 5) is 16.4. The Bertz CT molecular complexity index is 1150. The Morgan fingerprint density at radius 1 is 1.10 bits per heavy atom. The lowest BCUT2D eigenvalue weighted by molar-refractivity contribution is 0.102. The number of ether oxygens (including phenoxy) is 1. The van der Waals surface area contributed by atoms with E-state index in [1.54, 1.807) is 12.1 Å². The standard InChI is InChI=1S/C20H18FN3O4S/c1-13-12-16(9-10-17(13)21)29(26,27)24-15-7-5-14(6-8-15)20(25)23-19-18(28-2)4-3-11-22-19/h3-12,24H,1-2H3,(H,22,23,25). The second-order valence-corrected chi connectivity index (χ2v) is 7.78. The molecule has 1 aromatic heterocycles. The number of nitrogens with one attached hydrogen (secondary N) is 2. The van der Waals surface area contributed by atoms with Gasteiger partial charge >= 0.3 is 0 Å². The quantitative estimate of drug-likeness (QED) is 0.641. The molecule has 0 atom stereocenters. The molecule has 0 saturated carbocycles. The monoisotopic (exact) mass is 415 g/mol. The lowest BCUT2D eigenvalue weighted by Gasteiger charge is -2.11. The van der Waals surface area contributed by atoms with Gasteiger partial charge in [-0.2, -0.15) is 0 Å². The van der Waals surface area contributed by atoms with Gasteiger partial charge in [-0.1, -0.05) is 0 Å². The van der Waals surface area contributed by atoms with E-state index in [9.17, 15) is 17.6 Å². The molecule has 0 aliphatic rings. The Balaban J connectivity index is 1.74. The van der Waals surface area contributed by atoms with Crippen molar-refractivity contribution in [1.29, 1.82) is 0 Å². The SMILES string of the molecule is COc1cccnc1NC(=O)c1ccc(NS(=O)(=O)c2ccc(F)c(C)c2)cc1. The van der Waals surface area contributed by atoms with Crippen LogP contribution in [0.4, 0.5) is 15.9 Å². The van der Waals surface area contributed by atoms with Crippen LogP contribution >= 0.6 is 0 Å². The zero-order chi connectivity index (χ0) is 21.0. The molecular formula is C20H18FN3O4S. The molecule has 0 saturated heterocycles. The summed E-state index contributed by atoms with van der Waals surface area (Å²) in [6, 6.07) is 12.7. The highest BCUT2D eigenvalue weighted by atomic mass is 32.2. The van der Waals surface area contributed by atoms with Crippen LogP contribution in [0.25, 0.3) is 0 Å². The van der Waals surface area contributed by atoms with Gasteiger partial charge in [0.1, 0.15) is 5.82 Å². The van der Waals surface area contributed by atoms with Gasteiger partial charge in [-0.05, 0) is 67.1 Å². The van der Waals surface area contributed by atoms with E-state index in [2.05, 4.69) is 15.0 Å². The minimum atomic E-state index is -3.89. The third-order valence-corrected chi connectivity index (χ3v) is 5.44. The van der Waals surface area contributed by atoms with E-state index in [0.717, 1.165) is 6.07 Å². The van der Waals surface area contributed by atoms with Crippen LogP contribution in [0.5, 0.6) is 5.75 Å². The molecule has 1 heterocycles. The van der Waals surface area contributed by atoms with E-state index in [-0.39, 0.29) is 22.0 Å². The van der Waals surface area contributed by atoms with Crippen LogP contribution < -0.4 is 14.8 Å². The maximum absolute atomic E-state index is 13.4. The van der Waals surface area contributed by atoms with Crippen molar-refractivity contribution in [2.24, 2.45) is 0 Å². The van der Waals surface area contributed by atoms with E-state index in [1.165, 1.54) is 56.6 Å². The van der Waals surface area contributed by atoms with E-state index in [1.807, 2.05) is 0 Å². The van der Waals surface area contributed by atoms with Gasteiger partial charge in [0.05, 0.1) is 12.0 Å². The van der Waals surface area contributed by atoms with Crippen molar-refractivity contribution in [3.8, 4) is 5.75 Å². The predicted molar refractivity (Wildman–Crippen MR) is 107 cm³/mol. The summed E-state index contributed by atoms with van der Waals surface area (Å²) in [5.41, 5.74) is 0.794. The molecule has 29 heavy (non-hydrogen) atoms. The van der Waals surface area contributed by atoms with Crippen molar-refractivity contribution >= 4 is 27.4 Å². The first-order valence-electron chi connectivity index (χ1n) is 8.49. The maximum atomic E-state index is 13.4. The number of sulfonamides is 1. The molecule has 3 rings (SSSR count). The van der Waals surface area contributed by atoms with Crippen molar-refractivity contribution in [3.05, 3.63) is 77.7 Å². The fourth-order valence-electron chi connectivity index (χ4n) is 2.52. The van der Waals surface area contributed by atoms with Crippen molar-refractivity contribution in [2.45, 2.75) is 11.8 Å². The average molecular weight is 415 g/mol. The average Bonchev–Trinajstić information content (AvgIpc) is 2.70. The molecular weight excluding hydrogens is 397 g/mol. The molecule has 0 radical (unpaired) electrons. The number of methoxy groups -OCH3 is 1. The minimum absolute atomic E-state index is 0.0551. The van der Waals surface area contributed by atoms with E-state index < -0.39 is 21.7 Å². The Morgan fingerprint density at radius 3 is 2.48 bits per heavy atom. The summed E-state index contributed by atoms with van der Waals surface area (Å²) in [6.45, 7) is 1.48. The van der Waals surface area contributed by atoms with Crippen LogP contribution in [0.3, 0.4) is 0 Å². The molecule has 3 aromatic rings. The summed E-state index contributed by atoms with van der Waals surface area (Å²) >= 11 is 0. The molecule has 2 N–H and O–H groups in total. The lowest BCUT2D eigenvalue weighted by atomic mass is 10.2. The normalized spacial score (nSPS) is 11.0. The highest BCUT2D eigenvalue weighted by Gasteiger charge is 2.16. The van der Waals surface area contributed by atoms with Crippen molar-refractivity contribution in [1.82, 2.24) is 4.98 Å². The van der Waals surface area contributed by atoms with Gasteiger partial charge in [0.15, 0.2) is 11.6 Å². The third kappa shape index (κ3) is 4.69. The molecule has 0 spiro atoms. The first-order chi connectivity index (χ1) is 13.8. The predicted octanol–water partition coefficient (Wildman–Crippen LogP) is 3.59. The molecule has 7 nitrogen and oxygen atoms in total. The molecule has 1 amide bonds. The van der Waals surface area contributed by atoms with E-state index >= 15 is 0 Å². The van der Waals surface area contributed by atoms with Gasteiger partial charge in [0.2, 0.25) is 0 Å². The first kappa shape index (κ1) is 20.3. The third-order valence-electron chi connectivity index (χ3n) is 4.06. The number of carbonyl (C=O) groups excluding carboxylic acids is 1. The van der Waals surface area contributed by atoms with Crippen LogP contribution in [0.2, 0.25) is 0 Å². The lowest BCUT2D eigenvalue weighted by Crippen LogP contribution is -2.15. The number of halogens is 1. The van der Waals surface area contributed by atoms with Crippen LogP contribution in [0.15, 0.2) is 65.7 Å². The second-order valence-electron chi connectivity index (χ2n) is 6.10. The fraction of sp³-hybridized carbons (Fsp3) is 0.100. The van der Waals surface area contributed by atoms with Crippen LogP contribution in [0, 0.1) is 12.7 Å². The van der Waals surface area contributed by atoms with Gasteiger partial charge < -0.3 is 10.1 Å². The first-order valence-corrected chi connectivity index (χ1v) is 9.98. The molecule has 0 aliphatic heterocycles. The maximum Gasteiger partial charge on any atom is 0.261 e. The number of aromatic nitrogens is 1. The molecule has 0 unspecified atom stereocenters. The van der Waals surface area contributed by atoms with Gasteiger partial charge in [0, 0.05) is 17.4 Å². The van der Waals surface area contributed by atoms with Gasteiger partial charge in [-0.25, -0.2) is 17.8 Å². The number of anilines is 2. The van der Waals surface area contributed by atoms with Crippen molar-refractivity contribution in [2.75, 3.05) is 17.1 Å². The van der Waals surface area contributed by atoms with Crippen molar-refractivity contribution < 1.29 is 22.3 Å². The highest BCUT2D eigenvalue weighted by Crippen LogP contribution is 2.22. The number of pyridine rings is 1. The summed E-state index contributed by atoms with van der Waals surface area (Å²) < 4.78 is 45.8. The minimum Gasteiger partial charge on any atom is -0.493 e. The van der Waals surface area contributed by atoms with E-state index in [4.69, 9.17) is 4.74 Å². The Hall–Kier alpha value is -3.46. The van der Waals surface area contributed by atoms with Gasteiger partial charge in [0.25, 0.3) is 15.9 Å². The number of aryl methyl sites for hydroxylation is 1. The molecule has 9 heteroatoms. The van der Waals surface area contributed by atoms with Crippen molar-refractivity contribution in [3.63, 3.8) is 0 Å². The largest absolute Gasteiger partial charge is 0.493 e. The van der Waals surface area contributed by atoms with Crippen LogP contribution in [0.1, 0.15) is 15.9 Å². The molecule has 150 valence electrons. The number of carbonyl (C=O) groups is 1. The molecule has 0 fully saturated rings. The molecule has 0 aliphatic carbocycles. The Morgan fingerprint density at radius 2 is 1.83 bits per heavy atom. The van der Waals surface area contributed by atoms with Gasteiger partial charge in [-0.15, -0.1) is 0 Å².